The normalized spacial score (nSPS) is 15.3. The van der Waals surface area contributed by atoms with Crippen molar-refractivity contribution in [1.82, 2.24) is 9.88 Å². The van der Waals surface area contributed by atoms with Crippen LogP contribution in [0.15, 0.2) is 84.6 Å². The maximum Gasteiger partial charge on any atom is 0.270 e. The smallest absolute Gasteiger partial charge is 0.270 e. The maximum atomic E-state index is 13.5. The SMILES string of the molecule is Cc1ccccc1N1C(=O)/C(=C/c2cn(Cc3ccc(Cl)cc3)c3ccccc23)C(=O)NC1=S. The van der Waals surface area contributed by atoms with Crippen LogP contribution in [0.2, 0.25) is 5.02 Å². The first-order chi connectivity index (χ1) is 16.4. The van der Waals surface area contributed by atoms with Crippen molar-refractivity contribution < 1.29 is 9.59 Å². The Hall–Kier alpha value is -3.74. The Morgan fingerprint density at radius 2 is 1.68 bits per heavy atom. The minimum Gasteiger partial charge on any atom is -0.342 e. The fourth-order valence-electron chi connectivity index (χ4n) is 4.15. The van der Waals surface area contributed by atoms with Crippen LogP contribution in [0.3, 0.4) is 0 Å². The lowest BCUT2D eigenvalue weighted by molar-refractivity contribution is -0.122. The number of para-hydroxylation sites is 2. The van der Waals surface area contributed by atoms with E-state index in [0.717, 1.165) is 27.6 Å². The summed E-state index contributed by atoms with van der Waals surface area (Å²) >= 11 is 11.4. The zero-order valence-electron chi connectivity index (χ0n) is 18.3. The molecule has 1 fully saturated rings. The van der Waals surface area contributed by atoms with Crippen LogP contribution in [-0.2, 0) is 16.1 Å². The summed E-state index contributed by atoms with van der Waals surface area (Å²) in [5, 5.41) is 4.37. The van der Waals surface area contributed by atoms with Gasteiger partial charge < -0.3 is 4.57 Å². The Morgan fingerprint density at radius 3 is 2.44 bits per heavy atom. The summed E-state index contributed by atoms with van der Waals surface area (Å²) in [4.78, 5) is 27.7. The minimum absolute atomic E-state index is 0.0336. The summed E-state index contributed by atoms with van der Waals surface area (Å²) in [6, 6.07) is 23.0. The minimum atomic E-state index is -0.505. The first-order valence-corrected chi connectivity index (χ1v) is 11.5. The maximum absolute atomic E-state index is 13.5. The molecule has 0 atom stereocenters. The Labute approximate surface area is 207 Å². The van der Waals surface area contributed by atoms with Crippen molar-refractivity contribution in [3.63, 3.8) is 0 Å². The fourth-order valence-corrected chi connectivity index (χ4v) is 4.55. The molecule has 5 rings (SSSR count). The molecule has 168 valence electrons. The van der Waals surface area contributed by atoms with Gasteiger partial charge in [-0.3, -0.25) is 19.8 Å². The van der Waals surface area contributed by atoms with Crippen LogP contribution >= 0.6 is 23.8 Å². The molecule has 0 unspecified atom stereocenters. The van der Waals surface area contributed by atoms with Gasteiger partial charge >= 0.3 is 0 Å². The number of aryl methyl sites for hydroxylation is 1. The molecular formula is C27H20ClN3O2S. The van der Waals surface area contributed by atoms with Crippen molar-refractivity contribution in [1.29, 1.82) is 0 Å². The number of anilines is 1. The highest BCUT2D eigenvalue weighted by atomic mass is 35.5. The lowest BCUT2D eigenvalue weighted by Crippen LogP contribution is -2.54. The summed E-state index contributed by atoms with van der Waals surface area (Å²) in [6.07, 6.45) is 3.60. The second-order valence-corrected chi connectivity index (χ2v) is 8.92. The first kappa shape index (κ1) is 22.1. The lowest BCUT2D eigenvalue weighted by atomic mass is 10.1. The van der Waals surface area contributed by atoms with Gasteiger partial charge in [-0.25, -0.2) is 0 Å². The third-order valence-corrected chi connectivity index (χ3v) is 6.38. The third kappa shape index (κ3) is 4.02. The number of amides is 2. The highest BCUT2D eigenvalue weighted by Gasteiger charge is 2.35. The van der Waals surface area contributed by atoms with Crippen LogP contribution in [0, 0.1) is 6.92 Å². The molecule has 0 spiro atoms. The molecule has 0 aliphatic carbocycles. The predicted octanol–water partition coefficient (Wildman–Crippen LogP) is 5.48. The number of thiocarbonyl (C=S) groups is 1. The molecule has 0 saturated carbocycles. The molecule has 34 heavy (non-hydrogen) atoms. The molecule has 7 heteroatoms. The third-order valence-electron chi connectivity index (χ3n) is 5.84. The van der Waals surface area contributed by atoms with Crippen molar-refractivity contribution in [2.75, 3.05) is 4.90 Å². The van der Waals surface area contributed by atoms with E-state index in [0.29, 0.717) is 17.3 Å². The Kier molecular flexibility index (Phi) is 5.77. The highest BCUT2D eigenvalue weighted by Crippen LogP contribution is 2.28. The second kappa shape index (κ2) is 8.89. The molecule has 1 aliphatic heterocycles. The fraction of sp³-hybridized carbons (Fsp3) is 0.0741. The number of hydrogen-bond acceptors (Lipinski definition) is 3. The van der Waals surface area contributed by atoms with Gasteiger partial charge in [-0.15, -0.1) is 0 Å². The van der Waals surface area contributed by atoms with E-state index in [1.165, 1.54) is 4.90 Å². The van der Waals surface area contributed by atoms with Gasteiger partial charge in [0.25, 0.3) is 11.8 Å². The Bertz CT molecular complexity index is 1490. The number of hydrogen-bond donors (Lipinski definition) is 1. The number of nitrogens with zero attached hydrogens (tertiary/aromatic N) is 2. The van der Waals surface area contributed by atoms with Gasteiger partial charge in [0.15, 0.2) is 5.11 Å². The average molecular weight is 486 g/mol. The molecule has 1 aromatic heterocycles. The van der Waals surface area contributed by atoms with E-state index in [1.54, 1.807) is 6.08 Å². The van der Waals surface area contributed by atoms with E-state index in [2.05, 4.69) is 9.88 Å². The summed E-state index contributed by atoms with van der Waals surface area (Å²) in [5.41, 5.74) is 4.43. The molecule has 2 amide bonds. The predicted molar refractivity (Wildman–Crippen MR) is 140 cm³/mol. The van der Waals surface area contributed by atoms with Crippen molar-refractivity contribution in [2.45, 2.75) is 13.5 Å². The summed E-state index contributed by atoms with van der Waals surface area (Å²) < 4.78 is 2.10. The van der Waals surface area contributed by atoms with Gasteiger partial charge in [0.05, 0.1) is 5.69 Å². The quantitative estimate of drug-likeness (QED) is 0.236. The second-order valence-electron chi connectivity index (χ2n) is 8.10. The zero-order chi connectivity index (χ0) is 23.8. The summed E-state index contributed by atoms with van der Waals surface area (Å²) in [6.45, 7) is 2.52. The molecule has 1 saturated heterocycles. The number of benzene rings is 3. The number of fused-ring (bicyclic) bond motifs is 1. The van der Waals surface area contributed by atoms with E-state index in [-0.39, 0.29) is 10.7 Å². The van der Waals surface area contributed by atoms with Gasteiger partial charge in [-0.2, -0.15) is 0 Å². The van der Waals surface area contributed by atoms with Crippen molar-refractivity contribution in [3.05, 3.63) is 106 Å². The molecular weight excluding hydrogens is 466 g/mol. The standard InChI is InChI=1S/C27H20ClN3O2S/c1-17-6-2-4-8-23(17)31-26(33)22(25(32)29-27(31)34)14-19-16-30(24-9-5-3-7-21(19)24)15-18-10-12-20(28)13-11-18/h2-14,16H,15H2,1H3,(H,29,32,34)/b22-14+. The molecule has 1 aliphatic rings. The van der Waals surface area contributed by atoms with Crippen LogP contribution < -0.4 is 10.2 Å². The molecule has 5 nitrogen and oxygen atoms in total. The summed E-state index contributed by atoms with van der Waals surface area (Å²) in [7, 11) is 0. The van der Waals surface area contributed by atoms with Crippen LogP contribution in [0.25, 0.3) is 17.0 Å². The number of carbonyl (C=O) groups excluding carboxylic acids is 2. The number of halogens is 1. The van der Waals surface area contributed by atoms with E-state index >= 15 is 0 Å². The van der Waals surface area contributed by atoms with Crippen LogP contribution in [0.4, 0.5) is 5.69 Å². The van der Waals surface area contributed by atoms with E-state index in [4.69, 9.17) is 23.8 Å². The van der Waals surface area contributed by atoms with Gasteiger partial charge in [-0.05, 0) is 60.6 Å². The van der Waals surface area contributed by atoms with Gasteiger partial charge in [0.2, 0.25) is 0 Å². The van der Waals surface area contributed by atoms with Gasteiger partial charge in [0.1, 0.15) is 5.57 Å². The molecule has 3 aromatic carbocycles. The zero-order valence-corrected chi connectivity index (χ0v) is 19.9. The topological polar surface area (TPSA) is 54.3 Å². The van der Waals surface area contributed by atoms with Gasteiger partial charge in [-0.1, -0.05) is 60.1 Å². The molecule has 0 bridgehead atoms. The highest BCUT2D eigenvalue weighted by molar-refractivity contribution is 7.80. The molecule has 4 aromatic rings. The number of nitrogens with one attached hydrogen (secondary N) is 1. The van der Waals surface area contributed by atoms with Crippen molar-refractivity contribution in [2.24, 2.45) is 0 Å². The van der Waals surface area contributed by atoms with E-state index < -0.39 is 11.8 Å². The van der Waals surface area contributed by atoms with E-state index in [9.17, 15) is 9.59 Å². The van der Waals surface area contributed by atoms with Crippen molar-refractivity contribution >= 4 is 63.4 Å². The Morgan fingerprint density at radius 1 is 0.971 bits per heavy atom. The average Bonchev–Trinajstić information content (AvgIpc) is 3.16. The number of aromatic nitrogens is 1. The van der Waals surface area contributed by atoms with Gasteiger partial charge in [0, 0.05) is 34.2 Å². The van der Waals surface area contributed by atoms with E-state index in [1.807, 2.05) is 85.9 Å². The number of rotatable bonds is 4. The lowest BCUT2D eigenvalue weighted by Gasteiger charge is -2.29. The molecule has 0 radical (unpaired) electrons. The monoisotopic (exact) mass is 485 g/mol. The number of carbonyl (C=O) groups is 2. The molecule has 2 heterocycles. The summed E-state index contributed by atoms with van der Waals surface area (Å²) in [5.74, 6) is -0.952. The first-order valence-electron chi connectivity index (χ1n) is 10.7. The molecule has 1 N–H and O–H groups in total. The largest absolute Gasteiger partial charge is 0.342 e. The van der Waals surface area contributed by atoms with Crippen LogP contribution in [0.1, 0.15) is 16.7 Å². The Balaban J connectivity index is 1.57. The van der Waals surface area contributed by atoms with Crippen LogP contribution in [-0.4, -0.2) is 21.5 Å². The van der Waals surface area contributed by atoms with Crippen LogP contribution in [0.5, 0.6) is 0 Å². The van der Waals surface area contributed by atoms with Crippen molar-refractivity contribution in [3.8, 4) is 0 Å².